The average molecular weight is 222 g/mol. The Kier molecular flexibility index (Phi) is 4.56. The Morgan fingerprint density at radius 2 is 2.07 bits per heavy atom. The van der Waals surface area contributed by atoms with Crippen molar-refractivity contribution in [2.45, 2.75) is 20.4 Å². The minimum atomic E-state index is 0.806. The van der Waals surface area contributed by atoms with Gasteiger partial charge in [0.05, 0.1) is 0 Å². The molecular formula is C12H18N2S. The molecule has 0 amide bonds. The van der Waals surface area contributed by atoms with E-state index in [2.05, 4.69) is 41.4 Å². The third kappa shape index (κ3) is 3.51. The second kappa shape index (κ2) is 5.71. The lowest BCUT2D eigenvalue weighted by Gasteiger charge is -2.21. The summed E-state index contributed by atoms with van der Waals surface area (Å²) in [6, 6.07) is 8.38. The van der Waals surface area contributed by atoms with Crippen LogP contribution in [0.4, 0.5) is 0 Å². The standard InChI is InChI=1S/C12H18N2S/c1-4-13-12(15)14(3)9-11-8-6-5-7-10(11)2/h5-8H,4,9H2,1-3H3,(H,13,15). The summed E-state index contributed by atoms with van der Waals surface area (Å²) in [5.74, 6) is 0. The zero-order valence-corrected chi connectivity index (χ0v) is 10.4. The van der Waals surface area contributed by atoms with Gasteiger partial charge >= 0.3 is 0 Å². The van der Waals surface area contributed by atoms with Gasteiger partial charge in [0.1, 0.15) is 0 Å². The van der Waals surface area contributed by atoms with Crippen LogP contribution in [0, 0.1) is 6.92 Å². The number of nitrogens with one attached hydrogen (secondary N) is 1. The van der Waals surface area contributed by atoms with Crippen LogP contribution in [0.1, 0.15) is 18.1 Å². The zero-order valence-electron chi connectivity index (χ0n) is 9.58. The van der Waals surface area contributed by atoms with E-state index in [1.165, 1.54) is 11.1 Å². The number of hydrogen-bond donors (Lipinski definition) is 1. The first-order chi connectivity index (χ1) is 7.15. The molecule has 15 heavy (non-hydrogen) atoms. The molecule has 1 aromatic carbocycles. The summed E-state index contributed by atoms with van der Waals surface area (Å²) in [7, 11) is 2.01. The molecule has 0 aliphatic carbocycles. The quantitative estimate of drug-likeness (QED) is 0.790. The highest BCUT2D eigenvalue weighted by atomic mass is 32.1. The Morgan fingerprint density at radius 3 is 2.67 bits per heavy atom. The lowest BCUT2D eigenvalue weighted by atomic mass is 10.1. The number of benzene rings is 1. The molecule has 0 saturated heterocycles. The van der Waals surface area contributed by atoms with E-state index in [1.54, 1.807) is 0 Å². The maximum Gasteiger partial charge on any atom is 0.168 e. The van der Waals surface area contributed by atoms with Crippen LogP contribution < -0.4 is 5.32 Å². The summed E-state index contributed by atoms with van der Waals surface area (Å²) in [4.78, 5) is 2.06. The second-order valence-corrected chi connectivity index (χ2v) is 4.00. The van der Waals surface area contributed by atoms with E-state index in [0.29, 0.717) is 0 Å². The fraction of sp³-hybridized carbons (Fsp3) is 0.417. The van der Waals surface area contributed by atoms with Crippen LogP contribution in [0.25, 0.3) is 0 Å². The number of nitrogens with zero attached hydrogens (tertiary/aromatic N) is 1. The predicted molar refractivity (Wildman–Crippen MR) is 68.9 cm³/mol. The zero-order chi connectivity index (χ0) is 11.3. The van der Waals surface area contributed by atoms with Gasteiger partial charge in [0.15, 0.2) is 5.11 Å². The van der Waals surface area contributed by atoms with Crippen LogP contribution in [0.3, 0.4) is 0 Å². The van der Waals surface area contributed by atoms with Crippen LogP contribution in [0.15, 0.2) is 24.3 Å². The highest BCUT2D eigenvalue weighted by molar-refractivity contribution is 7.80. The van der Waals surface area contributed by atoms with Crippen LogP contribution in [0.2, 0.25) is 0 Å². The molecule has 0 saturated carbocycles. The molecule has 0 radical (unpaired) electrons. The van der Waals surface area contributed by atoms with Gasteiger partial charge in [-0.3, -0.25) is 0 Å². The van der Waals surface area contributed by atoms with Crippen LogP contribution in [-0.4, -0.2) is 23.6 Å². The van der Waals surface area contributed by atoms with Gasteiger partial charge in [-0.05, 0) is 37.2 Å². The number of aryl methyl sites for hydroxylation is 1. The van der Waals surface area contributed by atoms with Crippen LogP contribution >= 0.6 is 12.2 Å². The number of rotatable bonds is 3. The molecule has 82 valence electrons. The van der Waals surface area contributed by atoms with Gasteiger partial charge in [-0.15, -0.1) is 0 Å². The van der Waals surface area contributed by atoms with Crippen molar-refractivity contribution in [1.82, 2.24) is 10.2 Å². The van der Waals surface area contributed by atoms with Gasteiger partial charge in [0.25, 0.3) is 0 Å². The van der Waals surface area contributed by atoms with Gasteiger partial charge in [-0.25, -0.2) is 0 Å². The van der Waals surface area contributed by atoms with E-state index in [9.17, 15) is 0 Å². The van der Waals surface area contributed by atoms with Gasteiger partial charge in [-0.2, -0.15) is 0 Å². The maximum atomic E-state index is 5.23. The third-order valence-corrected chi connectivity index (χ3v) is 2.80. The lowest BCUT2D eigenvalue weighted by molar-refractivity contribution is 0.489. The molecule has 3 heteroatoms. The Balaban J connectivity index is 2.62. The number of thiocarbonyl (C=S) groups is 1. The topological polar surface area (TPSA) is 15.3 Å². The van der Waals surface area contributed by atoms with Crippen molar-refractivity contribution in [3.05, 3.63) is 35.4 Å². The van der Waals surface area contributed by atoms with Crippen molar-refractivity contribution in [3.8, 4) is 0 Å². The van der Waals surface area contributed by atoms with Crippen molar-refractivity contribution in [2.75, 3.05) is 13.6 Å². The molecule has 0 spiro atoms. The molecule has 0 heterocycles. The highest BCUT2D eigenvalue weighted by Gasteiger charge is 2.04. The van der Waals surface area contributed by atoms with E-state index < -0.39 is 0 Å². The minimum absolute atomic E-state index is 0.806. The first kappa shape index (κ1) is 12.0. The molecule has 0 aliphatic heterocycles. The Labute approximate surface area is 97.3 Å². The van der Waals surface area contributed by atoms with E-state index in [0.717, 1.165) is 18.2 Å². The molecular weight excluding hydrogens is 204 g/mol. The average Bonchev–Trinajstić information content (AvgIpc) is 2.21. The summed E-state index contributed by atoms with van der Waals surface area (Å²) < 4.78 is 0. The molecule has 0 aliphatic rings. The summed E-state index contributed by atoms with van der Waals surface area (Å²) in [6.45, 7) is 5.91. The van der Waals surface area contributed by atoms with E-state index >= 15 is 0 Å². The largest absolute Gasteiger partial charge is 0.363 e. The monoisotopic (exact) mass is 222 g/mol. The smallest absolute Gasteiger partial charge is 0.168 e. The summed E-state index contributed by atoms with van der Waals surface area (Å²) in [5, 5.41) is 3.95. The Morgan fingerprint density at radius 1 is 1.40 bits per heavy atom. The van der Waals surface area contributed by atoms with E-state index in [-0.39, 0.29) is 0 Å². The Bertz CT molecular complexity index is 336. The molecule has 1 aromatic rings. The third-order valence-electron chi connectivity index (χ3n) is 2.34. The number of hydrogen-bond acceptors (Lipinski definition) is 1. The highest BCUT2D eigenvalue weighted by Crippen LogP contribution is 2.09. The maximum absolute atomic E-state index is 5.23. The molecule has 0 atom stereocenters. The normalized spacial score (nSPS) is 9.80. The van der Waals surface area contributed by atoms with Gasteiger partial charge in [0.2, 0.25) is 0 Å². The van der Waals surface area contributed by atoms with Gasteiger partial charge < -0.3 is 10.2 Å². The van der Waals surface area contributed by atoms with E-state index in [4.69, 9.17) is 12.2 Å². The fourth-order valence-electron chi connectivity index (χ4n) is 1.40. The second-order valence-electron chi connectivity index (χ2n) is 3.62. The Hall–Kier alpha value is -1.09. The van der Waals surface area contributed by atoms with Gasteiger partial charge in [0, 0.05) is 20.1 Å². The first-order valence-electron chi connectivity index (χ1n) is 5.18. The predicted octanol–water partition coefficient (Wildman–Crippen LogP) is 2.32. The van der Waals surface area contributed by atoms with Gasteiger partial charge in [-0.1, -0.05) is 24.3 Å². The molecule has 2 nitrogen and oxygen atoms in total. The fourth-order valence-corrected chi connectivity index (χ4v) is 1.61. The van der Waals surface area contributed by atoms with Crippen molar-refractivity contribution in [1.29, 1.82) is 0 Å². The minimum Gasteiger partial charge on any atom is -0.363 e. The van der Waals surface area contributed by atoms with Crippen molar-refractivity contribution >= 4 is 17.3 Å². The molecule has 0 bridgehead atoms. The summed E-state index contributed by atoms with van der Waals surface area (Å²) in [5.41, 5.74) is 2.63. The summed E-state index contributed by atoms with van der Waals surface area (Å²) in [6.07, 6.45) is 0. The molecule has 1 N–H and O–H groups in total. The SMILES string of the molecule is CCNC(=S)N(C)Cc1ccccc1C. The molecule has 1 rings (SSSR count). The van der Waals surface area contributed by atoms with Crippen molar-refractivity contribution in [3.63, 3.8) is 0 Å². The lowest BCUT2D eigenvalue weighted by Crippen LogP contribution is -2.36. The molecule has 0 fully saturated rings. The van der Waals surface area contributed by atoms with E-state index in [1.807, 2.05) is 14.0 Å². The first-order valence-corrected chi connectivity index (χ1v) is 5.59. The van der Waals surface area contributed by atoms with Crippen LogP contribution in [-0.2, 0) is 6.54 Å². The molecule has 0 aromatic heterocycles. The summed E-state index contributed by atoms with van der Waals surface area (Å²) >= 11 is 5.23. The van der Waals surface area contributed by atoms with Crippen LogP contribution in [0.5, 0.6) is 0 Å². The molecule has 0 unspecified atom stereocenters. The van der Waals surface area contributed by atoms with Crippen molar-refractivity contribution < 1.29 is 0 Å². The van der Waals surface area contributed by atoms with Crippen molar-refractivity contribution in [2.24, 2.45) is 0 Å².